The number of anilines is 1. The van der Waals surface area contributed by atoms with E-state index < -0.39 is 68.0 Å². The monoisotopic (exact) mass is 709 g/mol. The van der Waals surface area contributed by atoms with Gasteiger partial charge in [-0.3, -0.25) is 23.7 Å². The largest absolute Gasteiger partial charge is 0.480 e. The first-order chi connectivity index (χ1) is 23.6. The third kappa shape index (κ3) is 6.86. The second-order valence-electron chi connectivity index (χ2n) is 11.0. The van der Waals surface area contributed by atoms with Crippen molar-refractivity contribution in [3.63, 3.8) is 0 Å². The highest BCUT2D eigenvalue weighted by molar-refractivity contribution is 7.92. The maximum absolute atomic E-state index is 15.0. The molecule has 0 aliphatic rings. The Labute approximate surface area is 281 Å². The third-order valence-electron chi connectivity index (χ3n) is 7.64. The lowest BCUT2D eigenvalue weighted by molar-refractivity contribution is -0.139. The van der Waals surface area contributed by atoms with E-state index in [1.54, 1.807) is 14.0 Å². The smallest absolute Gasteiger partial charge is 0.337 e. The molecule has 0 aliphatic heterocycles. The Hall–Kier alpha value is -6.17. The quantitative estimate of drug-likeness (QED) is 0.157. The topological polar surface area (TPSA) is 203 Å². The summed E-state index contributed by atoms with van der Waals surface area (Å²) in [5, 5.41) is 14.4. The number of nitrogens with zero attached hydrogens (tertiary/aromatic N) is 4. The molecular weight excluding hydrogens is 680 g/mol. The molecule has 0 unspecified atom stereocenters. The number of nitrogens with one attached hydrogen (secondary N) is 3. The van der Waals surface area contributed by atoms with E-state index in [1.807, 2.05) is 4.72 Å². The maximum Gasteiger partial charge on any atom is 0.337 e. The fraction of sp³-hybridized carbons (Fsp3) is 0.188. The lowest BCUT2D eigenvalue weighted by Crippen LogP contribution is -2.43. The van der Waals surface area contributed by atoms with Gasteiger partial charge in [0.25, 0.3) is 27.4 Å². The van der Waals surface area contributed by atoms with E-state index in [2.05, 4.69) is 15.6 Å². The molecule has 0 saturated heterocycles. The van der Waals surface area contributed by atoms with Crippen LogP contribution < -0.4 is 26.6 Å². The van der Waals surface area contributed by atoms with E-state index in [0.717, 1.165) is 16.7 Å². The molecule has 5 aromatic rings. The van der Waals surface area contributed by atoms with Crippen LogP contribution in [0.1, 0.15) is 33.2 Å². The molecule has 2 heterocycles. The highest BCUT2D eigenvalue weighted by Crippen LogP contribution is 2.23. The number of hydrogen-bond donors (Lipinski definition) is 4. The molecule has 0 spiro atoms. The van der Waals surface area contributed by atoms with Gasteiger partial charge in [0.05, 0.1) is 22.6 Å². The number of carboxylic acid groups (broad SMARTS) is 1. The van der Waals surface area contributed by atoms with Crippen LogP contribution >= 0.6 is 0 Å². The molecule has 2 aromatic heterocycles. The lowest BCUT2D eigenvalue weighted by Gasteiger charge is -2.16. The first-order valence-electron chi connectivity index (χ1n) is 14.8. The molecule has 15 nitrogen and oxygen atoms in total. The standard InChI is InChI=1S/C32H29F2N7O8S/c1-4-35-28(42)18-7-11-21(12-8-18)50(48,49)38-19-14-22(33)25(23(34)15-19)29(43)37-24(31(45)46)13-17-5-9-20(10-6-17)41-30(44)26-27(36-16-39(26)2)40(3)32(41)47/h5-12,14-16,24,38H,4,13H2,1-3H3,(H,35,42)(H,37,43)(H,45,46)/t24-/m0/s1. The molecule has 50 heavy (non-hydrogen) atoms. The molecule has 260 valence electrons. The molecule has 0 bridgehead atoms. The number of imidazole rings is 1. The van der Waals surface area contributed by atoms with Gasteiger partial charge in [0, 0.05) is 32.6 Å². The van der Waals surface area contributed by atoms with Crippen LogP contribution in [0.3, 0.4) is 0 Å². The van der Waals surface area contributed by atoms with Gasteiger partial charge in [-0.05, 0) is 61.0 Å². The summed E-state index contributed by atoms with van der Waals surface area (Å²) in [6.45, 7) is 2.07. The van der Waals surface area contributed by atoms with Crippen molar-refractivity contribution in [1.29, 1.82) is 0 Å². The number of rotatable bonds is 11. The number of carbonyl (C=O) groups excluding carboxylic acids is 2. The Morgan fingerprint density at radius 3 is 2.14 bits per heavy atom. The molecule has 18 heteroatoms. The van der Waals surface area contributed by atoms with Crippen molar-refractivity contribution in [3.05, 3.63) is 116 Å². The summed E-state index contributed by atoms with van der Waals surface area (Å²) >= 11 is 0. The van der Waals surface area contributed by atoms with E-state index in [1.165, 1.54) is 58.9 Å². The predicted molar refractivity (Wildman–Crippen MR) is 176 cm³/mol. The summed E-state index contributed by atoms with van der Waals surface area (Å²) in [4.78, 5) is 66.6. The average molecular weight is 710 g/mol. The second-order valence-corrected chi connectivity index (χ2v) is 12.7. The fourth-order valence-corrected chi connectivity index (χ4v) is 6.17. The van der Waals surface area contributed by atoms with E-state index in [-0.39, 0.29) is 33.7 Å². The maximum atomic E-state index is 15.0. The summed E-state index contributed by atoms with van der Waals surface area (Å²) < 4.78 is 61.3. The van der Waals surface area contributed by atoms with Gasteiger partial charge in [-0.15, -0.1) is 0 Å². The molecule has 5 rings (SSSR count). The first kappa shape index (κ1) is 35.1. The van der Waals surface area contributed by atoms with E-state index >= 15 is 8.78 Å². The van der Waals surface area contributed by atoms with Crippen LogP contribution in [0.25, 0.3) is 16.9 Å². The van der Waals surface area contributed by atoms with Crippen LogP contribution in [0.15, 0.2) is 81.5 Å². The number of halogens is 2. The van der Waals surface area contributed by atoms with Gasteiger partial charge in [-0.2, -0.15) is 0 Å². The number of benzene rings is 3. The van der Waals surface area contributed by atoms with Gasteiger partial charge in [-0.1, -0.05) is 12.1 Å². The van der Waals surface area contributed by atoms with Crippen LogP contribution in [-0.4, -0.2) is 62.6 Å². The summed E-state index contributed by atoms with van der Waals surface area (Å²) in [6.07, 6.45) is 1.04. The predicted octanol–water partition coefficient (Wildman–Crippen LogP) is 1.68. The van der Waals surface area contributed by atoms with Crippen molar-refractivity contribution in [1.82, 2.24) is 29.3 Å². The van der Waals surface area contributed by atoms with Gasteiger partial charge in [0.1, 0.15) is 23.2 Å². The minimum absolute atomic E-state index is 0.176. The third-order valence-corrected chi connectivity index (χ3v) is 9.04. The summed E-state index contributed by atoms with van der Waals surface area (Å²) in [5.74, 6) is -6.32. The van der Waals surface area contributed by atoms with Gasteiger partial charge in [-0.25, -0.2) is 36.3 Å². The number of aryl methyl sites for hydroxylation is 2. The fourth-order valence-electron chi connectivity index (χ4n) is 5.13. The summed E-state index contributed by atoms with van der Waals surface area (Å²) in [7, 11) is -1.32. The van der Waals surface area contributed by atoms with Crippen LogP contribution in [0.4, 0.5) is 14.5 Å². The Balaban J connectivity index is 1.31. The molecule has 2 amide bonds. The van der Waals surface area contributed by atoms with E-state index in [0.29, 0.717) is 24.2 Å². The van der Waals surface area contributed by atoms with E-state index in [9.17, 15) is 37.5 Å². The van der Waals surface area contributed by atoms with Crippen molar-refractivity contribution in [3.8, 4) is 5.69 Å². The minimum Gasteiger partial charge on any atom is -0.480 e. The molecule has 0 saturated carbocycles. The van der Waals surface area contributed by atoms with Crippen molar-refractivity contribution in [2.45, 2.75) is 24.3 Å². The van der Waals surface area contributed by atoms with Crippen molar-refractivity contribution < 1.29 is 36.7 Å². The summed E-state index contributed by atoms with van der Waals surface area (Å²) in [6, 6.07) is 9.86. The minimum atomic E-state index is -4.37. The Morgan fingerprint density at radius 1 is 0.940 bits per heavy atom. The molecule has 3 aromatic carbocycles. The molecule has 0 aliphatic carbocycles. The second kappa shape index (κ2) is 13.7. The zero-order chi connectivity index (χ0) is 36.5. The van der Waals surface area contributed by atoms with Gasteiger partial charge in [0.15, 0.2) is 11.2 Å². The van der Waals surface area contributed by atoms with Crippen LogP contribution in [0, 0.1) is 11.6 Å². The van der Waals surface area contributed by atoms with Gasteiger partial charge < -0.3 is 20.3 Å². The average Bonchev–Trinajstić information content (AvgIpc) is 3.45. The number of sulfonamides is 1. The van der Waals surface area contributed by atoms with Crippen molar-refractivity contribution >= 4 is 44.7 Å². The number of aliphatic carboxylic acids is 1. The van der Waals surface area contributed by atoms with Crippen LogP contribution in [-0.2, 0) is 35.3 Å². The molecular formula is C32H29F2N7O8S. The SMILES string of the molecule is CCNC(=O)c1ccc(S(=O)(=O)Nc2cc(F)c(C(=O)N[C@@H](Cc3ccc(-n4c(=O)c5c(ncn5C)n(C)c4=O)cc3)C(=O)O)c(F)c2)cc1. The Kier molecular flexibility index (Phi) is 9.66. The van der Waals surface area contributed by atoms with Gasteiger partial charge >= 0.3 is 11.7 Å². The molecule has 4 N–H and O–H groups in total. The van der Waals surface area contributed by atoms with Crippen LogP contribution in [0.5, 0.6) is 0 Å². The Morgan fingerprint density at radius 2 is 1.56 bits per heavy atom. The number of carbonyl (C=O) groups is 3. The molecule has 1 atom stereocenters. The van der Waals surface area contributed by atoms with Crippen molar-refractivity contribution in [2.24, 2.45) is 14.1 Å². The first-order valence-corrected chi connectivity index (χ1v) is 16.3. The highest BCUT2D eigenvalue weighted by Gasteiger charge is 2.27. The van der Waals surface area contributed by atoms with Gasteiger partial charge in [0.2, 0.25) is 0 Å². The number of amides is 2. The zero-order valence-electron chi connectivity index (χ0n) is 26.6. The molecule has 0 fully saturated rings. The number of hydrogen-bond acceptors (Lipinski definition) is 8. The highest BCUT2D eigenvalue weighted by atomic mass is 32.2. The normalized spacial score (nSPS) is 12.0. The zero-order valence-corrected chi connectivity index (χ0v) is 27.4. The number of fused-ring (bicyclic) bond motifs is 1. The summed E-state index contributed by atoms with van der Waals surface area (Å²) in [5.41, 5.74) is -1.93. The Bertz CT molecular complexity index is 2360. The number of aromatic nitrogens is 4. The lowest BCUT2D eigenvalue weighted by atomic mass is 10.0. The number of carboxylic acids is 1. The molecule has 0 radical (unpaired) electrons. The van der Waals surface area contributed by atoms with E-state index in [4.69, 9.17) is 0 Å². The van der Waals surface area contributed by atoms with Crippen LogP contribution in [0.2, 0.25) is 0 Å². The van der Waals surface area contributed by atoms with Crippen molar-refractivity contribution in [2.75, 3.05) is 11.3 Å².